The third kappa shape index (κ3) is 3.58. The van der Waals surface area contributed by atoms with Crippen molar-refractivity contribution in [2.24, 2.45) is 11.8 Å². The first kappa shape index (κ1) is 14.9. The van der Waals surface area contributed by atoms with E-state index in [4.69, 9.17) is 16.6 Å². The van der Waals surface area contributed by atoms with Gasteiger partial charge in [0.1, 0.15) is 5.76 Å². The smallest absolute Gasteiger partial charge is 0.166 e. The van der Waals surface area contributed by atoms with Crippen LogP contribution in [-0.4, -0.2) is 35.7 Å². The van der Waals surface area contributed by atoms with Crippen molar-refractivity contribution in [1.82, 2.24) is 15.5 Å². The highest BCUT2D eigenvalue weighted by molar-refractivity contribution is 7.80. The lowest BCUT2D eigenvalue weighted by Crippen LogP contribution is -2.57. The van der Waals surface area contributed by atoms with Gasteiger partial charge in [-0.25, -0.2) is 0 Å². The van der Waals surface area contributed by atoms with Gasteiger partial charge in [-0.2, -0.15) is 0 Å². The van der Waals surface area contributed by atoms with Gasteiger partial charge in [-0.1, -0.05) is 13.3 Å². The summed E-state index contributed by atoms with van der Waals surface area (Å²) in [5, 5.41) is 7.29. The number of rotatable bonds is 5. The molecule has 3 saturated heterocycles. The van der Waals surface area contributed by atoms with Crippen LogP contribution in [0.5, 0.6) is 0 Å². The van der Waals surface area contributed by atoms with E-state index in [1.807, 2.05) is 12.1 Å². The van der Waals surface area contributed by atoms with E-state index in [9.17, 15) is 0 Å². The van der Waals surface area contributed by atoms with Gasteiger partial charge in [0.2, 0.25) is 0 Å². The molecule has 1 unspecified atom stereocenters. The summed E-state index contributed by atoms with van der Waals surface area (Å²) in [7, 11) is 0. The molecule has 4 heterocycles. The molecule has 0 saturated carbocycles. The van der Waals surface area contributed by atoms with Gasteiger partial charge in [0, 0.05) is 19.1 Å². The van der Waals surface area contributed by atoms with Crippen LogP contribution in [0.3, 0.4) is 0 Å². The van der Waals surface area contributed by atoms with E-state index in [1.54, 1.807) is 6.26 Å². The van der Waals surface area contributed by atoms with Crippen LogP contribution < -0.4 is 10.6 Å². The summed E-state index contributed by atoms with van der Waals surface area (Å²) in [4.78, 5) is 2.65. The highest BCUT2D eigenvalue weighted by Crippen LogP contribution is 2.37. The number of thiocarbonyl (C=S) groups is 1. The maximum atomic E-state index is 5.35. The van der Waals surface area contributed by atoms with Crippen LogP contribution >= 0.6 is 12.2 Å². The number of nitrogens with one attached hydrogen (secondary N) is 2. The Morgan fingerprint density at radius 3 is 3.05 bits per heavy atom. The molecule has 0 amide bonds. The lowest BCUT2D eigenvalue weighted by molar-refractivity contribution is 0.00205. The Labute approximate surface area is 132 Å². The number of furan rings is 1. The van der Waals surface area contributed by atoms with Crippen molar-refractivity contribution < 1.29 is 4.42 Å². The normalized spacial score (nSPS) is 31.1. The molecule has 0 radical (unpaired) electrons. The van der Waals surface area contributed by atoms with E-state index in [1.165, 1.54) is 32.4 Å². The lowest BCUT2D eigenvalue weighted by Gasteiger charge is -2.50. The van der Waals surface area contributed by atoms with Gasteiger partial charge in [0.15, 0.2) is 5.11 Å². The largest absolute Gasteiger partial charge is 0.467 e. The van der Waals surface area contributed by atoms with Crippen LogP contribution in [0, 0.1) is 11.8 Å². The fourth-order valence-electron chi connectivity index (χ4n) is 3.78. The minimum Gasteiger partial charge on any atom is -0.467 e. The fraction of sp³-hybridized carbons (Fsp3) is 0.688. The highest BCUT2D eigenvalue weighted by atomic mass is 32.1. The molecule has 3 aliphatic heterocycles. The second-order valence-electron chi connectivity index (χ2n) is 6.24. The molecule has 4 rings (SSSR count). The van der Waals surface area contributed by atoms with Crippen molar-refractivity contribution in [3.63, 3.8) is 0 Å². The van der Waals surface area contributed by atoms with Gasteiger partial charge in [-0.05, 0) is 55.6 Å². The van der Waals surface area contributed by atoms with E-state index in [2.05, 4.69) is 22.5 Å². The van der Waals surface area contributed by atoms with E-state index in [0.717, 1.165) is 29.3 Å². The van der Waals surface area contributed by atoms with Crippen LogP contribution in [0.25, 0.3) is 0 Å². The molecule has 4 nitrogen and oxygen atoms in total. The van der Waals surface area contributed by atoms with Crippen molar-refractivity contribution >= 4 is 17.3 Å². The number of hydrogen-bond acceptors (Lipinski definition) is 3. The second-order valence-corrected chi connectivity index (χ2v) is 6.65. The van der Waals surface area contributed by atoms with E-state index < -0.39 is 0 Å². The standard InChI is InChI=1S/C16H25N3OS/c1-2-12-11-19-6-5-13(12)8-14(19)9-17-16(21)18-10-15-4-3-7-20-15/h3-4,7,12-14H,2,5-6,8-11H2,1H3,(H2,17,18,21)/t12-,13+,14-/m1/s1. The Morgan fingerprint density at radius 1 is 1.48 bits per heavy atom. The van der Waals surface area contributed by atoms with Crippen molar-refractivity contribution in [2.75, 3.05) is 19.6 Å². The molecule has 3 aliphatic rings. The van der Waals surface area contributed by atoms with Gasteiger partial charge in [0.25, 0.3) is 0 Å². The molecule has 4 atom stereocenters. The zero-order chi connectivity index (χ0) is 14.7. The predicted molar refractivity (Wildman–Crippen MR) is 88.0 cm³/mol. The molecule has 2 bridgehead atoms. The molecule has 0 aromatic carbocycles. The molecule has 21 heavy (non-hydrogen) atoms. The average Bonchev–Trinajstić information content (AvgIpc) is 3.04. The monoisotopic (exact) mass is 307 g/mol. The van der Waals surface area contributed by atoms with Crippen LogP contribution in [0.15, 0.2) is 22.8 Å². The molecule has 5 heteroatoms. The van der Waals surface area contributed by atoms with Crippen LogP contribution in [0.4, 0.5) is 0 Å². The molecule has 2 N–H and O–H groups in total. The number of fused-ring (bicyclic) bond motifs is 3. The summed E-state index contributed by atoms with van der Waals surface area (Å²) in [5.74, 6) is 2.75. The second kappa shape index (κ2) is 6.79. The molecule has 0 aliphatic carbocycles. The fourth-order valence-corrected chi connectivity index (χ4v) is 3.93. The topological polar surface area (TPSA) is 40.4 Å². The van der Waals surface area contributed by atoms with Crippen molar-refractivity contribution in [3.8, 4) is 0 Å². The maximum absolute atomic E-state index is 5.35. The minimum atomic E-state index is 0.647. The van der Waals surface area contributed by atoms with Gasteiger partial charge in [-0.15, -0.1) is 0 Å². The summed E-state index contributed by atoms with van der Waals surface area (Å²) in [6.07, 6.45) is 5.72. The van der Waals surface area contributed by atoms with Crippen molar-refractivity contribution in [1.29, 1.82) is 0 Å². The maximum Gasteiger partial charge on any atom is 0.166 e. The molecule has 1 aromatic heterocycles. The predicted octanol–water partition coefficient (Wildman–Crippen LogP) is 2.36. The zero-order valence-electron chi connectivity index (χ0n) is 12.7. The Bertz CT molecular complexity index is 462. The quantitative estimate of drug-likeness (QED) is 0.817. The first-order valence-electron chi connectivity index (χ1n) is 8.04. The Balaban J connectivity index is 1.40. The summed E-state index contributed by atoms with van der Waals surface area (Å²) in [6.45, 7) is 6.47. The van der Waals surface area contributed by atoms with Crippen LogP contribution in [-0.2, 0) is 6.54 Å². The Morgan fingerprint density at radius 2 is 2.38 bits per heavy atom. The van der Waals surface area contributed by atoms with E-state index >= 15 is 0 Å². The SMILES string of the molecule is CC[C@@H]1CN2CC[C@H]1C[C@@H]2CNC(=S)NCc1ccco1. The number of hydrogen-bond donors (Lipinski definition) is 2. The molecule has 116 valence electrons. The van der Waals surface area contributed by atoms with Crippen molar-refractivity contribution in [2.45, 2.75) is 38.8 Å². The summed E-state index contributed by atoms with van der Waals surface area (Å²) in [5.41, 5.74) is 0. The summed E-state index contributed by atoms with van der Waals surface area (Å²) >= 11 is 5.35. The summed E-state index contributed by atoms with van der Waals surface area (Å²) < 4.78 is 5.28. The Hall–Kier alpha value is -1.07. The van der Waals surface area contributed by atoms with E-state index in [0.29, 0.717) is 12.6 Å². The molecular weight excluding hydrogens is 282 g/mol. The lowest BCUT2D eigenvalue weighted by atomic mass is 9.74. The third-order valence-electron chi connectivity index (χ3n) is 5.04. The van der Waals surface area contributed by atoms with Gasteiger partial charge < -0.3 is 15.1 Å². The van der Waals surface area contributed by atoms with Crippen LogP contribution in [0.1, 0.15) is 31.9 Å². The molecule has 1 aromatic rings. The number of nitrogens with zero attached hydrogens (tertiary/aromatic N) is 1. The minimum absolute atomic E-state index is 0.647. The first-order valence-corrected chi connectivity index (χ1v) is 8.45. The van der Waals surface area contributed by atoms with E-state index in [-0.39, 0.29) is 0 Å². The first-order chi connectivity index (χ1) is 10.3. The average molecular weight is 307 g/mol. The number of piperidine rings is 3. The molecule has 0 spiro atoms. The van der Waals surface area contributed by atoms with Crippen molar-refractivity contribution in [3.05, 3.63) is 24.2 Å². The van der Waals surface area contributed by atoms with Crippen LogP contribution in [0.2, 0.25) is 0 Å². The Kier molecular flexibility index (Phi) is 4.80. The van der Waals surface area contributed by atoms with Gasteiger partial charge >= 0.3 is 0 Å². The molecule has 3 fully saturated rings. The third-order valence-corrected chi connectivity index (χ3v) is 5.33. The summed E-state index contributed by atoms with van der Waals surface area (Å²) in [6, 6.07) is 4.49. The van der Waals surface area contributed by atoms with Gasteiger partial charge in [-0.3, -0.25) is 4.90 Å². The highest BCUT2D eigenvalue weighted by Gasteiger charge is 2.38. The van der Waals surface area contributed by atoms with Gasteiger partial charge in [0.05, 0.1) is 12.8 Å². The zero-order valence-corrected chi connectivity index (χ0v) is 13.5. The molecular formula is C16H25N3OS.